The summed E-state index contributed by atoms with van der Waals surface area (Å²) in [5, 5.41) is 7.17. The molecule has 2 aromatic rings. The number of nitrogens with one attached hydrogen (secondary N) is 2. The van der Waals surface area contributed by atoms with E-state index in [-0.39, 0.29) is 5.91 Å². The van der Waals surface area contributed by atoms with E-state index in [2.05, 4.69) is 29.5 Å². The van der Waals surface area contributed by atoms with E-state index in [4.69, 9.17) is 0 Å². The van der Waals surface area contributed by atoms with Gasteiger partial charge in [-0.1, -0.05) is 32.0 Å². The summed E-state index contributed by atoms with van der Waals surface area (Å²) in [6, 6.07) is 9.65. The Hall–Kier alpha value is -2.10. The minimum atomic E-state index is -0.0973. The summed E-state index contributed by atoms with van der Waals surface area (Å²) in [5.74, 6) is 0.491. The highest BCUT2D eigenvalue weighted by Gasteiger charge is 2.45. The van der Waals surface area contributed by atoms with E-state index in [0.29, 0.717) is 17.0 Å². The van der Waals surface area contributed by atoms with E-state index in [1.54, 1.807) is 0 Å². The molecule has 0 bridgehead atoms. The van der Waals surface area contributed by atoms with Crippen LogP contribution in [0.5, 0.6) is 0 Å². The van der Waals surface area contributed by atoms with Crippen LogP contribution in [0, 0.1) is 11.3 Å². The van der Waals surface area contributed by atoms with Crippen molar-refractivity contribution < 1.29 is 4.79 Å². The predicted octanol–water partition coefficient (Wildman–Crippen LogP) is 3.05. The van der Waals surface area contributed by atoms with Crippen LogP contribution in [0.3, 0.4) is 0 Å². The van der Waals surface area contributed by atoms with Crippen LogP contribution in [0.25, 0.3) is 10.9 Å². The smallest absolute Gasteiger partial charge is 0.269 e. The zero-order valence-corrected chi connectivity index (χ0v) is 12.7. The fourth-order valence-corrected chi connectivity index (χ4v) is 2.73. The number of hydrogen-bond acceptors (Lipinski definition) is 3. The minimum absolute atomic E-state index is 0.0973. The van der Waals surface area contributed by atoms with E-state index in [1.165, 1.54) is 6.42 Å². The summed E-state index contributed by atoms with van der Waals surface area (Å²) in [6.07, 6.45) is 1.18. The normalized spacial score (nSPS) is 19.3. The van der Waals surface area contributed by atoms with Gasteiger partial charge >= 0.3 is 0 Å². The molecule has 1 aliphatic rings. The second kappa shape index (κ2) is 5.02. The Bertz CT molecular complexity index is 693. The molecule has 21 heavy (non-hydrogen) atoms. The maximum atomic E-state index is 12.3. The number of amides is 1. The number of fused-ring (bicyclic) bond motifs is 1. The monoisotopic (exact) mass is 283 g/mol. The first kappa shape index (κ1) is 13.9. The average Bonchev–Trinajstić information content (AvgIpc) is 3.10. The highest BCUT2D eigenvalue weighted by atomic mass is 16.1. The summed E-state index contributed by atoms with van der Waals surface area (Å²) < 4.78 is 0. The molecule has 0 saturated heterocycles. The van der Waals surface area contributed by atoms with Gasteiger partial charge in [0, 0.05) is 24.7 Å². The Balaban J connectivity index is 1.81. The Morgan fingerprint density at radius 2 is 2.10 bits per heavy atom. The van der Waals surface area contributed by atoms with E-state index in [9.17, 15) is 4.79 Å². The topological polar surface area (TPSA) is 54.0 Å². The van der Waals surface area contributed by atoms with Crippen LogP contribution < -0.4 is 10.6 Å². The molecule has 1 heterocycles. The first-order valence-electron chi connectivity index (χ1n) is 7.37. The zero-order valence-electron chi connectivity index (χ0n) is 12.7. The van der Waals surface area contributed by atoms with Crippen molar-refractivity contribution in [2.75, 3.05) is 18.9 Å². The molecule has 1 atom stereocenters. The van der Waals surface area contributed by atoms with Gasteiger partial charge < -0.3 is 10.6 Å². The number of carbonyl (C=O) groups is 1. The number of pyridine rings is 1. The van der Waals surface area contributed by atoms with Crippen LogP contribution >= 0.6 is 0 Å². The SMILES string of the molecule is CNc1cc(C(=O)NCC2CC2(C)C)nc2ccccc12. The Kier molecular flexibility index (Phi) is 3.32. The maximum Gasteiger partial charge on any atom is 0.269 e. The Morgan fingerprint density at radius 1 is 1.38 bits per heavy atom. The second-order valence-corrected chi connectivity index (χ2v) is 6.42. The molecular weight excluding hydrogens is 262 g/mol. The van der Waals surface area contributed by atoms with E-state index >= 15 is 0 Å². The number of para-hydroxylation sites is 1. The maximum absolute atomic E-state index is 12.3. The quantitative estimate of drug-likeness (QED) is 0.906. The van der Waals surface area contributed by atoms with Crippen molar-refractivity contribution in [3.05, 3.63) is 36.0 Å². The van der Waals surface area contributed by atoms with Crippen LogP contribution in [0.15, 0.2) is 30.3 Å². The zero-order chi connectivity index (χ0) is 15.0. The average molecular weight is 283 g/mol. The summed E-state index contributed by atoms with van der Waals surface area (Å²) in [5.41, 5.74) is 2.61. The lowest BCUT2D eigenvalue weighted by Gasteiger charge is -2.10. The number of carbonyl (C=O) groups excluding carboxylic acids is 1. The Labute approximate surface area is 125 Å². The molecule has 4 heteroatoms. The van der Waals surface area contributed by atoms with Gasteiger partial charge in [0.05, 0.1) is 5.52 Å². The molecular formula is C17H21N3O. The van der Waals surface area contributed by atoms with E-state index < -0.39 is 0 Å². The molecule has 1 aromatic heterocycles. The minimum Gasteiger partial charge on any atom is -0.388 e. The van der Waals surface area contributed by atoms with Gasteiger partial charge in [0.1, 0.15) is 5.69 Å². The summed E-state index contributed by atoms with van der Waals surface area (Å²) >= 11 is 0. The largest absolute Gasteiger partial charge is 0.388 e. The molecule has 2 N–H and O–H groups in total. The molecule has 0 radical (unpaired) electrons. The van der Waals surface area contributed by atoms with Gasteiger partial charge in [-0.3, -0.25) is 4.79 Å². The van der Waals surface area contributed by atoms with Crippen LogP contribution in [0.2, 0.25) is 0 Å². The van der Waals surface area contributed by atoms with E-state index in [0.717, 1.165) is 23.1 Å². The summed E-state index contributed by atoms with van der Waals surface area (Å²) in [6.45, 7) is 5.20. The number of benzene rings is 1. The number of rotatable bonds is 4. The predicted molar refractivity (Wildman–Crippen MR) is 85.5 cm³/mol. The lowest BCUT2D eigenvalue weighted by molar-refractivity contribution is 0.0946. The van der Waals surface area contributed by atoms with Crippen molar-refractivity contribution in [2.45, 2.75) is 20.3 Å². The third kappa shape index (κ3) is 2.71. The lowest BCUT2D eigenvalue weighted by atomic mass is 10.1. The fraction of sp³-hybridized carbons (Fsp3) is 0.412. The summed E-state index contributed by atoms with van der Waals surface area (Å²) in [7, 11) is 1.86. The standard InChI is InChI=1S/C17H21N3O/c1-17(2)9-11(17)10-19-16(21)15-8-14(18-3)12-6-4-5-7-13(12)20-15/h4-8,11H,9-10H2,1-3H3,(H,18,20)(H,19,21). The third-order valence-electron chi connectivity index (χ3n) is 4.44. The van der Waals surface area contributed by atoms with Gasteiger partial charge in [0.15, 0.2) is 0 Å². The molecule has 1 amide bonds. The first-order chi connectivity index (χ1) is 10.0. The molecule has 3 rings (SSSR count). The van der Waals surface area contributed by atoms with E-state index in [1.807, 2.05) is 37.4 Å². The van der Waals surface area contributed by atoms with Gasteiger partial charge in [0.2, 0.25) is 0 Å². The molecule has 1 fully saturated rings. The van der Waals surface area contributed by atoms with Crippen molar-refractivity contribution in [1.29, 1.82) is 0 Å². The van der Waals surface area contributed by atoms with Crippen molar-refractivity contribution in [3.63, 3.8) is 0 Å². The van der Waals surface area contributed by atoms with Crippen LogP contribution in [-0.2, 0) is 0 Å². The molecule has 1 saturated carbocycles. The van der Waals surface area contributed by atoms with Crippen LogP contribution in [0.1, 0.15) is 30.8 Å². The number of hydrogen-bond donors (Lipinski definition) is 2. The summed E-state index contributed by atoms with van der Waals surface area (Å²) in [4.78, 5) is 16.8. The van der Waals surface area contributed by atoms with Gasteiger partial charge in [0.25, 0.3) is 5.91 Å². The number of aromatic nitrogens is 1. The first-order valence-corrected chi connectivity index (χ1v) is 7.37. The molecule has 1 aliphatic carbocycles. The van der Waals surface area contributed by atoms with Crippen molar-refractivity contribution >= 4 is 22.5 Å². The Morgan fingerprint density at radius 3 is 2.76 bits per heavy atom. The van der Waals surface area contributed by atoms with Gasteiger partial charge in [-0.2, -0.15) is 0 Å². The molecule has 4 nitrogen and oxygen atoms in total. The third-order valence-corrected chi connectivity index (χ3v) is 4.44. The number of anilines is 1. The van der Waals surface area contributed by atoms with Crippen molar-refractivity contribution in [3.8, 4) is 0 Å². The molecule has 110 valence electrons. The van der Waals surface area contributed by atoms with Gasteiger partial charge in [-0.05, 0) is 29.9 Å². The number of nitrogens with zero attached hydrogens (tertiary/aromatic N) is 1. The second-order valence-electron chi connectivity index (χ2n) is 6.42. The van der Waals surface area contributed by atoms with Gasteiger partial charge in [-0.15, -0.1) is 0 Å². The molecule has 0 spiro atoms. The highest BCUT2D eigenvalue weighted by molar-refractivity contribution is 5.99. The van der Waals surface area contributed by atoms with Gasteiger partial charge in [-0.25, -0.2) is 4.98 Å². The lowest BCUT2D eigenvalue weighted by Crippen LogP contribution is -2.27. The van der Waals surface area contributed by atoms with Crippen molar-refractivity contribution in [2.24, 2.45) is 11.3 Å². The molecule has 1 aromatic carbocycles. The van der Waals surface area contributed by atoms with Crippen molar-refractivity contribution in [1.82, 2.24) is 10.3 Å². The van der Waals surface area contributed by atoms with Crippen LogP contribution in [0.4, 0.5) is 5.69 Å². The highest BCUT2D eigenvalue weighted by Crippen LogP contribution is 2.50. The fourth-order valence-electron chi connectivity index (χ4n) is 2.73. The molecule has 0 aliphatic heterocycles. The van der Waals surface area contributed by atoms with Crippen LogP contribution in [-0.4, -0.2) is 24.5 Å². The molecule has 1 unspecified atom stereocenters.